The van der Waals surface area contributed by atoms with Gasteiger partial charge in [-0.15, -0.1) is 10.2 Å². The van der Waals surface area contributed by atoms with Gasteiger partial charge in [-0.3, -0.25) is 4.90 Å². The van der Waals surface area contributed by atoms with Crippen molar-refractivity contribution in [2.24, 2.45) is 5.41 Å². The molecule has 1 saturated carbocycles. The lowest BCUT2D eigenvalue weighted by molar-refractivity contribution is 0.178. The van der Waals surface area contributed by atoms with Crippen molar-refractivity contribution in [1.82, 2.24) is 15.1 Å². The van der Waals surface area contributed by atoms with Crippen LogP contribution in [0.1, 0.15) is 50.0 Å². The Balaban J connectivity index is 1.41. The summed E-state index contributed by atoms with van der Waals surface area (Å²) < 4.78 is 5.83. The molecule has 2 aliphatic rings. The van der Waals surface area contributed by atoms with Crippen LogP contribution in [0, 0.1) is 16.7 Å². The zero-order valence-electron chi connectivity index (χ0n) is 13.9. The topological polar surface area (TPSA) is 66.0 Å². The van der Waals surface area contributed by atoms with Crippen LogP contribution in [0.3, 0.4) is 0 Å². The van der Waals surface area contributed by atoms with Gasteiger partial charge in [-0.25, -0.2) is 0 Å². The van der Waals surface area contributed by atoms with Crippen molar-refractivity contribution in [2.45, 2.75) is 45.1 Å². The fourth-order valence-electron chi connectivity index (χ4n) is 4.19. The van der Waals surface area contributed by atoms with Gasteiger partial charge in [-0.05, 0) is 55.5 Å². The number of likely N-dealkylation sites (tertiary alicyclic amines) is 1. The summed E-state index contributed by atoms with van der Waals surface area (Å²) in [5.74, 6) is 1.21. The maximum Gasteiger partial charge on any atom is 0.247 e. The highest BCUT2D eigenvalue weighted by Crippen LogP contribution is 2.43. The minimum atomic E-state index is 0.529. The Morgan fingerprint density at radius 1 is 1.08 bits per heavy atom. The molecule has 2 heterocycles. The lowest BCUT2D eigenvalue weighted by Crippen LogP contribution is -2.29. The van der Waals surface area contributed by atoms with E-state index < -0.39 is 0 Å². The van der Waals surface area contributed by atoms with E-state index in [1.807, 2.05) is 12.1 Å². The van der Waals surface area contributed by atoms with Crippen molar-refractivity contribution in [3.05, 3.63) is 35.7 Å². The van der Waals surface area contributed by atoms with E-state index in [1.54, 1.807) is 12.1 Å². The van der Waals surface area contributed by atoms with Crippen LogP contribution >= 0.6 is 0 Å². The van der Waals surface area contributed by atoms with Gasteiger partial charge in [-0.1, -0.05) is 19.3 Å². The molecule has 0 atom stereocenters. The van der Waals surface area contributed by atoms with E-state index in [4.69, 9.17) is 9.68 Å². The van der Waals surface area contributed by atoms with E-state index in [-0.39, 0.29) is 0 Å². The highest BCUT2D eigenvalue weighted by Gasteiger charge is 2.38. The highest BCUT2D eigenvalue weighted by atomic mass is 16.4. The van der Waals surface area contributed by atoms with Crippen molar-refractivity contribution < 1.29 is 4.42 Å². The molecule has 0 radical (unpaired) electrons. The zero-order valence-corrected chi connectivity index (χ0v) is 13.9. The number of nitrogens with zero attached hydrogens (tertiary/aromatic N) is 4. The van der Waals surface area contributed by atoms with E-state index in [0.29, 0.717) is 22.8 Å². The van der Waals surface area contributed by atoms with Gasteiger partial charge in [0.25, 0.3) is 0 Å². The number of rotatable bonds is 3. The Kier molecular flexibility index (Phi) is 4.07. The highest BCUT2D eigenvalue weighted by molar-refractivity contribution is 5.54. The van der Waals surface area contributed by atoms with Crippen LogP contribution in [0.5, 0.6) is 0 Å². The van der Waals surface area contributed by atoms with Gasteiger partial charge in [0.05, 0.1) is 18.2 Å². The minimum absolute atomic E-state index is 0.529. The minimum Gasteiger partial charge on any atom is -0.419 e. The number of hydrogen-bond donors (Lipinski definition) is 0. The van der Waals surface area contributed by atoms with Crippen molar-refractivity contribution in [2.75, 3.05) is 13.1 Å². The Labute approximate surface area is 142 Å². The van der Waals surface area contributed by atoms with E-state index >= 15 is 0 Å². The van der Waals surface area contributed by atoms with Gasteiger partial charge in [0.15, 0.2) is 0 Å². The van der Waals surface area contributed by atoms with Crippen molar-refractivity contribution in [1.29, 1.82) is 5.26 Å². The van der Waals surface area contributed by atoms with Crippen LogP contribution in [0.25, 0.3) is 11.5 Å². The predicted octanol–water partition coefficient (Wildman–Crippen LogP) is 3.76. The van der Waals surface area contributed by atoms with Gasteiger partial charge in [0.1, 0.15) is 0 Å². The summed E-state index contributed by atoms with van der Waals surface area (Å²) in [6.45, 7) is 3.04. The van der Waals surface area contributed by atoms with Crippen LogP contribution < -0.4 is 0 Å². The molecule has 1 aromatic heterocycles. The number of benzene rings is 1. The summed E-state index contributed by atoms with van der Waals surface area (Å²) in [6, 6.07) is 9.35. The first-order chi connectivity index (χ1) is 11.8. The molecule has 2 aromatic rings. The van der Waals surface area contributed by atoms with Gasteiger partial charge in [0, 0.05) is 12.1 Å². The Morgan fingerprint density at radius 2 is 1.88 bits per heavy atom. The van der Waals surface area contributed by atoms with E-state index in [9.17, 15) is 0 Å². The average Bonchev–Trinajstić information content (AvgIpc) is 3.24. The summed E-state index contributed by atoms with van der Waals surface area (Å²) in [4.78, 5) is 2.46. The number of hydrogen-bond acceptors (Lipinski definition) is 5. The average molecular weight is 322 g/mol. The Bertz CT molecular complexity index is 737. The van der Waals surface area contributed by atoms with Crippen LogP contribution in [0.4, 0.5) is 0 Å². The maximum atomic E-state index is 8.86. The SMILES string of the molecule is N#Cc1ccc(-c2nnc(CN3CCC4(CCCCC4)C3)o2)cc1. The van der Waals surface area contributed by atoms with Crippen molar-refractivity contribution in [3.8, 4) is 17.5 Å². The summed E-state index contributed by atoms with van der Waals surface area (Å²) in [6.07, 6.45) is 8.24. The lowest BCUT2D eigenvalue weighted by Gasteiger charge is -2.33. The lowest BCUT2D eigenvalue weighted by atomic mass is 9.73. The molecule has 4 rings (SSSR count). The Hall–Kier alpha value is -2.19. The van der Waals surface area contributed by atoms with Crippen LogP contribution in [0.2, 0.25) is 0 Å². The van der Waals surface area contributed by atoms with Crippen LogP contribution in [0.15, 0.2) is 28.7 Å². The largest absolute Gasteiger partial charge is 0.419 e. The van der Waals surface area contributed by atoms with Crippen molar-refractivity contribution >= 4 is 0 Å². The fourth-order valence-corrected chi connectivity index (χ4v) is 4.19. The fraction of sp³-hybridized carbons (Fsp3) is 0.526. The molecule has 0 bridgehead atoms. The molecule has 1 saturated heterocycles. The second-order valence-corrected chi connectivity index (χ2v) is 7.21. The predicted molar refractivity (Wildman–Crippen MR) is 89.9 cm³/mol. The second-order valence-electron chi connectivity index (χ2n) is 7.21. The van der Waals surface area contributed by atoms with E-state index in [2.05, 4.69) is 21.2 Å². The molecule has 24 heavy (non-hydrogen) atoms. The molecule has 1 aliphatic heterocycles. The normalized spacial score (nSPS) is 20.3. The first kappa shape index (κ1) is 15.3. The molecule has 0 N–H and O–H groups in total. The molecular weight excluding hydrogens is 300 g/mol. The van der Waals surface area contributed by atoms with Crippen molar-refractivity contribution in [3.63, 3.8) is 0 Å². The standard InChI is InChI=1S/C19H22N4O/c20-12-15-4-6-16(7-5-15)18-22-21-17(24-18)13-23-11-10-19(14-23)8-2-1-3-9-19/h4-7H,1-3,8-11,13-14H2. The molecule has 2 fully saturated rings. The number of nitriles is 1. The van der Waals surface area contributed by atoms with E-state index in [0.717, 1.165) is 18.7 Å². The Morgan fingerprint density at radius 3 is 2.62 bits per heavy atom. The molecular formula is C19H22N4O. The molecule has 0 amide bonds. The van der Waals surface area contributed by atoms with Gasteiger partial charge >= 0.3 is 0 Å². The number of aromatic nitrogens is 2. The third kappa shape index (κ3) is 3.07. The molecule has 124 valence electrons. The third-order valence-corrected chi connectivity index (χ3v) is 5.52. The molecule has 5 nitrogen and oxygen atoms in total. The monoisotopic (exact) mass is 322 g/mol. The van der Waals surface area contributed by atoms with Gasteiger partial charge in [0.2, 0.25) is 11.8 Å². The molecule has 5 heteroatoms. The van der Waals surface area contributed by atoms with Gasteiger partial charge in [-0.2, -0.15) is 5.26 Å². The second kappa shape index (κ2) is 6.37. The zero-order chi connectivity index (χ0) is 16.4. The molecule has 1 aromatic carbocycles. The first-order valence-electron chi connectivity index (χ1n) is 8.82. The summed E-state index contributed by atoms with van der Waals surface area (Å²) >= 11 is 0. The molecule has 0 unspecified atom stereocenters. The smallest absolute Gasteiger partial charge is 0.247 e. The maximum absolute atomic E-state index is 8.86. The summed E-state index contributed by atoms with van der Waals surface area (Å²) in [5.41, 5.74) is 2.04. The van der Waals surface area contributed by atoms with Gasteiger partial charge < -0.3 is 4.42 Å². The molecule has 1 spiro atoms. The summed E-state index contributed by atoms with van der Waals surface area (Å²) in [5, 5.41) is 17.2. The van der Waals surface area contributed by atoms with Crippen LogP contribution in [-0.4, -0.2) is 28.2 Å². The molecule has 1 aliphatic carbocycles. The van der Waals surface area contributed by atoms with Crippen LogP contribution in [-0.2, 0) is 6.54 Å². The summed E-state index contributed by atoms with van der Waals surface area (Å²) in [7, 11) is 0. The third-order valence-electron chi connectivity index (χ3n) is 5.52. The van der Waals surface area contributed by atoms with E-state index in [1.165, 1.54) is 45.1 Å². The quantitative estimate of drug-likeness (QED) is 0.860. The first-order valence-corrected chi connectivity index (χ1v) is 8.82.